The van der Waals surface area contributed by atoms with E-state index in [1.54, 1.807) is 0 Å². The van der Waals surface area contributed by atoms with Crippen LogP contribution in [0.25, 0.3) is 0 Å². The van der Waals surface area contributed by atoms with E-state index < -0.39 is 10.2 Å². The first-order valence-electron chi connectivity index (χ1n) is 4.46. The maximum absolute atomic E-state index is 11.2. The molecule has 0 amide bonds. The Hall–Kier alpha value is -0.430. The van der Waals surface area contributed by atoms with E-state index in [9.17, 15) is 8.42 Å². The summed E-state index contributed by atoms with van der Waals surface area (Å²) in [6, 6.07) is 0. The molecule has 6 heteroatoms. The second-order valence-electron chi connectivity index (χ2n) is 2.64. The van der Waals surface area contributed by atoms with Crippen molar-refractivity contribution in [2.24, 2.45) is 0 Å². The van der Waals surface area contributed by atoms with Gasteiger partial charge in [-0.2, -0.15) is 13.1 Å². The maximum Gasteiger partial charge on any atom is 0.276 e. The van der Waals surface area contributed by atoms with Crippen LogP contribution < -0.4 is 9.44 Å². The molecule has 0 atom stereocenters. The van der Waals surface area contributed by atoms with Gasteiger partial charge in [-0.15, -0.1) is 0 Å². The van der Waals surface area contributed by atoms with Gasteiger partial charge >= 0.3 is 0 Å². The van der Waals surface area contributed by atoms with Gasteiger partial charge in [0.15, 0.2) is 0 Å². The molecule has 0 saturated heterocycles. The molecular weight excluding hydrogens is 204 g/mol. The van der Waals surface area contributed by atoms with Crippen molar-refractivity contribution in [1.82, 2.24) is 9.44 Å². The number of hydrogen-bond acceptors (Lipinski definition) is 3. The van der Waals surface area contributed by atoms with Crippen molar-refractivity contribution in [2.75, 3.05) is 26.8 Å². The number of methoxy groups -OCH3 is 1. The second-order valence-corrected chi connectivity index (χ2v) is 4.23. The van der Waals surface area contributed by atoms with Gasteiger partial charge in [0.1, 0.15) is 0 Å². The first kappa shape index (κ1) is 13.6. The zero-order valence-corrected chi connectivity index (χ0v) is 9.43. The smallest absolute Gasteiger partial charge is 0.276 e. The van der Waals surface area contributed by atoms with E-state index in [-0.39, 0.29) is 6.54 Å². The number of nitrogens with one attached hydrogen (secondary N) is 2. The maximum atomic E-state index is 11.2. The molecule has 0 fully saturated rings. The van der Waals surface area contributed by atoms with Crippen molar-refractivity contribution in [3.05, 3.63) is 12.2 Å². The third kappa shape index (κ3) is 8.18. The number of allylic oxidation sites excluding steroid dienone is 1. The third-order valence-electron chi connectivity index (χ3n) is 1.44. The third-order valence-corrected chi connectivity index (χ3v) is 2.61. The Morgan fingerprint density at radius 2 is 1.93 bits per heavy atom. The van der Waals surface area contributed by atoms with Crippen molar-refractivity contribution in [3.63, 3.8) is 0 Å². The lowest BCUT2D eigenvalue weighted by Gasteiger charge is -2.06. The zero-order chi connectivity index (χ0) is 10.9. The van der Waals surface area contributed by atoms with Crippen LogP contribution >= 0.6 is 0 Å². The van der Waals surface area contributed by atoms with Crippen LogP contribution in [0.5, 0.6) is 0 Å². The summed E-state index contributed by atoms with van der Waals surface area (Å²) in [5, 5.41) is 0. The van der Waals surface area contributed by atoms with Crippen molar-refractivity contribution >= 4 is 10.2 Å². The molecule has 0 aliphatic carbocycles. The molecule has 0 unspecified atom stereocenters. The largest absolute Gasteiger partial charge is 0.383 e. The summed E-state index contributed by atoms with van der Waals surface area (Å²) < 4.78 is 31.8. The topological polar surface area (TPSA) is 67.4 Å². The van der Waals surface area contributed by atoms with E-state index in [0.717, 1.165) is 0 Å². The Labute approximate surface area is 85.7 Å². The van der Waals surface area contributed by atoms with E-state index in [0.29, 0.717) is 19.6 Å². The molecule has 0 rings (SSSR count). The SMILES string of the molecule is C/C=C/CCNS(=O)(=O)NCCOC. The van der Waals surface area contributed by atoms with Crippen LogP contribution in [0.3, 0.4) is 0 Å². The Bertz CT molecular complexity index is 249. The summed E-state index contributed by atoms with van der Waals surface area (Å²) in [5.41, 5.74) is 0. The Balaban J connectivity index is 3.62. The molecule has 0 aromatic carbocycles. The van der Waals surface area contributed by atoms with Gasteiger partial charge in [0.25, 0.3) is 10.2 Å². The van der Waals surface area contributed by atoms with Crippen molar-refractivity contribution < 1.29 is 13.2 Å². The van der Waals surface area contributed by atoms with Gasteiger partial charge in [-0.3, -0.25) is 0 Å². The predicted octanol–water partition coefficient (Wildman–Crippen LogP) is 0.0230. The van der Waals surface area contributed by atoms with Gasteiger partial charge in [0.2, 0.25) is 0 Å². The first-order chi connectivity index (χ1) is 6.62. The molecule has 0 aromatic rings. The summed E-state index contributed by atoms with van der Waals surface area (Å²) in [5.74, 6) is 0. The van der Waals surface area contributed by atoms with Crippen molar-refractivity contribution in [1.29, 1.82) is 0 Å². The summed E-state index contributed by atoms with van der Waals surface area (Å²) in [6.07, 6.45) is 4.48. The molecule has 0 radical (unpaired) electrons. The highest BCUT2D eigenvalue weighted by atomic mass is 32.2. The number of rotatable bonds is 8. The fourth-order valence-electron chi connectivity index (χ4n) is 0.772. The van der Waals surface area contributed by atoms with Gasteiger partial charge in [-0.25, -0.2) is 4.72 Å². The van der Waals surface area contributed by atoms with Crippen LogP contribution in [0, 0.1) is 0 Å². The van der Waals surface area contributed by atoms with Crippen LogP contribution in [0.15, 0.2) is 12.2 Å². The number of hydrogen-bond donors (Lipinski definition) is 2. The molecule has 0 spiro atoms. The summed E-state index contributed by atoms with van der Waals surface area (Å²) in [6.45, 7) is 2.96. The average Bonchev–Trinajstić information content (AvgIpc) is 2.13. The highest BCUT2D eigenvalue weighted by molar-refractivity contribution is 7.87. The van der Waals surface area contributed by atoms with Crippen LogP contribution in [-0.2, 0) is 14.9 Å². The monoisotopic (exact) mass is 222 g/mol. The molecule has 0 aliphatic rings. The Morgan fingerprint density at radius 3 is 2.50 bits per heavy atom. The normalized spacial score (nSPS) is 12.4. The van der Waals surface area contributed by atoms with Crippen LogP contribution in [0.4, 0.5) is 0 Å². The minimum atomic E-state index is -3.35. The van der Waals surface area contributed by atoms with Gasteiger partial charge in [-0.05, 0) is 13.3 Å². The fourth-order valence-corrected chi connectivity index (χ4v) is 1.61. The molecule has 0 saturated carbocycles. The Kier molecular flexibility index (Phi) is 7.68. The number of ether oxygens (including phenoxy) is 1. The highest BCUT2D eigenvalue weighted by Crippen LogP contribution is 1.82. The van der Waals surface area contributed by atoms with Crippen LogP contribution in [0.1, 0.15) is 13.3 Å². The Morgan fingerprint density at radius 1 is 1.29 bits per heavy atom. The van der Waals surface area contributed by atoms with Gasteiger partial charge in [0, 0.05) is 20.2 Å². The standard InChI is InChI=1S/C8H18N2O3S/c1-3-4-5-6-9-14(11,12)10-7-8-13-2/h3-4,9-10H,5-8H2,1-2H3/b4-3+. The van der Waals surface area contributed by atoms with Crippen LogP contribution in [-0.4, -0.2) is 35.2 Å². The fraction of sp³-hybridized carbons (Fsp3) is 0.750. The first-order valence-corrected chi connectivity index (χ1v) is 5.95. The minimum absolute atomic E-state index is 0.287. The summed E-state index contributed by atoms with van der Waals surface area (Å²) in [7, 11) is -1.83. The lowest BCUT2D eigenvalue weighted by Crippen LogP contribution is -2.38. The van der Waals surface area contributed by atoms with Gasteiger partial charge in [-0.1, -0.05) is 12.2 Å². The summed E-state index contributed by atoms with van der Waals surface area (Å²) >= 11 is 0. The highest BCUT2D eigenvalue weighted by Gasteiger charge is 2.05. The van der Waals surface area contributed by atoms with Crippen molar-refractivity contribution in [2.45, 2.75) is 13.3 Å². The lowest BCUT2D eigenvalue weighted by molar-refractivity contribution is 0.204. The molecular formula is C8H18N2O3S. The summed E-state index contributed by atoms with van der Waals surface area (Å²) in [4.78, 5) is 0. The molecule has 0 aromatic heterocycles. The second kappa shape index (κ2) is 7.93. The lowest BCUT2D eigenvalue weighted by atomic mass is 10.4. The minimum Gasteiger partial charge on any atom is -0.383 e. The molecule has 0 heterocycles. The van der Waals surface area contributed by atoms with E-state index in [1.807, 2.05) is 19.1 Å². The zero-order valence-electron chi connectivity index (χ0n) is 8.62. The average molecular weight is 222 g/mol. The molecule has 0 aliphatic heterocycles. The van der Waals surface area contributed by atoms with Crippen LogP contribution in [0.2, 0.25) is 0 Å². The van der Waals surface area contributed by atoms with E-state index in [1.165, 1.54) is 7.11 Å². The predicted molar refractivity (Wildman–Crippen MR) is 56.2 cm³/mol. The van der Waals surface area contributed by atoms with E-state index in [4.69, 9.17) is 4.74 Å². The van der Waals surface area contributed by atoms with Gasteiger partial charge in [0.05, 0.1) is 6.61 Å². The van der Waals surface area contributed by atoms with Gasteiger partial charge < -0.3 is 4.74 Å². The van der Waals surface area contributed by atoms with E-state index in [2.05, 4.69) is 9.44 Å². The molecule has 0 bridgehead atoms. The quantitative estimate of drug-likeness (QED) is 0.449. The van der Waals surface area contributed by atoms with Crippen molar-refractivity contribution in [3.8, 4) is 0 Å². The molecule has 14 heavy (non-hydrogen) atoms. The molecule has 5 nitrogen and oxygen atoms in total. The molecule has 2 N–H and O–H groups in total. The van der Waals surface area contributed by atoms with E-state index >= 15 is 0 Å². The molecule has 84 valence electrons.